The lowest BCUT2D eigenvalue weighted by atomic mass is 10.1. The van der Waals surface area contributed by atoms with E-state index in [0.717, 1.165) is 28.7 Å². The van der Waals surface area contributed by atoms with E-state index in [4.69, 9.17) is 0 Å². The number of rotatable bonds is 3. The minimum atomic E-state index is -0.275. The van der Waals surface area contributed by atoms with E-state index in [1.165, 1.54) is 21.7 Å². The van der Waals surface area contributed by atoms with Crippen molar-refractivity contribution in [3.05, 3.63) is 87.6 Å². The second-order valence-corrected chi connectivity index (χ2v) is 8.25. The minimum Gasteiger partial charge on any atom is -0.317 e. The molecule has 0 aliphatic carbocycles. The van der Waals surface area contributed by atoms with Crippen LogP contribution in [0, 0.1) is 27.7 Å². The summed E-state index contributed by atoms with van der Waals surface area (Å²) in [7, 11) is 0. The number of imide groups is 1. The van der Waals surface area contributed by atoms with Gasteiger partial charge in [-0.15, -0.1) is 0 Å². The number of aryl methyl sites for hydroxylation is 3. The van der Waals surface area contributed by atoms with Gasteiger partial charge in [0.2, 0.25) is 0 Å². The van der Waals surface area contributed by atoms with Crippen LogP contribution in [-0.4, -0.2) is 15.7 Å². The molecule has 0 atom stereocenters. The Bertz CT molecular complexity index is 1140. The Labute approximate surface area is 174 Å². The number of hydrogen-bond acceptors (Lipinski definition) is 3. The fourth-order valence-electron chi connectivity index (χ4n) is 3.84. The Kier molecular flexibility index (Phi) is 4.92. The predicted octanol–water partition coefficient (Wildman–Crippen LogP) is 5.95. The summed E-state index contributed by atoms with van der Waals surface area (Å²) in [6.45, 7) is 8.32. The van der Waals surface area contributed by atoms with Crippen molar-refractivity contribution in [3.63, 3.8) is 0 Å². The van der Waals surface area contributed by atoms with Crippen molar-refractivity contribution in [3.8, 4) is 5.69 Å². The van der Waals surface area contributed by atoms with E-state index >= 15 is 0 Å². The Hall–Kier alpha value is -3.05. The summed E-state index contributed by atoms with van der Waals surface area (Å²) in [5, 5.41) is -0.268. The third kappa shape index (κ3) is 3.32. The number of benzene rings is 2. The Morgan fingerprint density at radius 1 is 0.862 bits per heavy atom. The molecule has 4 rings (SSSR count). The van der Waals surface area contributed by atoms with Crippen molar-refractivity contribution < 1.29 is 9.59 Å². The van der Waals surface area contributed by atoms with Gasteiger partial charge in [-0.1, -0.05) is 36.4 Å². The quantitative estimate of drug-likeness (QED) is 0.508. The van der Waals surface area contributed by atoms with Crippen LogP contribution < -0.4 is 4.90 Å². The van der Waals surface area contributed by atoms with E-state index in [1.54, 1.807) is 12.1 Å². The summed E-state index contributed by atoms with van der Waals surface area (Å²) in [5.74, 6) is -0.275. The molecule has 29 heavy (non-hydrogen) atoms. The molecule has 0 bridgehead atoms. The van der Waals surface area contributed by atoms with Gasteiger partial charge in [0.1, 0.15) is 0 Å². The highest BCUT2D eigenvalue weighted by molar-refractivity contribution is 8.19. The topological polar surface area (TPSA) is 42.3 Å². The molecule has 0 radical (unpaired) electrons. The minimum absolute atomic E-state index is 0.268. The van der Waals surface area contributed by atoms with E-state index in [1.807, 2.05) is 31.2 Å². The van der Waals surface area contributed by atoms with Crippen LogP contribution in [0.2, 0.25) is 0 Å². The maximum atomic E-state index is 12.9. The summed E-state index contributed by atoms with van der Waals surface area (Å²) in [5.41, 5.74) is 7.24. The molecule has 146 valence electrons. The molecule has 2 aromatic carbocycles. The Morgan fingerprint density at radius 2 is 1.52 bits per heavy atom. The van der Waals surface area contributed by atoms with E-state index < -0.39 is 0 Å². The van der Waals surface area contributed by atoms with Gasteiger partial charge in [-0.3, -0.25) is 9.59 Å². The predicted molar refractivity (Wildman–Crippen MR) is 120 cm³/mol. The van der Waals surface area contributed by atoms with Crippen molar-refractivity contribution >= 4 is 34.7 Å². The van der Waals surface area contributed by atoms with Crippen LogP contribution in [0.25, 0.3) is 11.8 Å². The normalized spacial score (nSPS) is 15.6. The Morgan fingerprint density at radius 3 is 2.17 bits per heavy atom. The number of thioether (sulfide) groups is 1. The van der Waals surface area contributed by atoms with Gasteiger partial charge in [0.05, 0.1) is 16.3 Å². The molecule has 0 unspecified atom stereocenters. The summed E-state index contributed by atoms with van der Waals surface area (Å²) >= 11 is 0.987. The van der Waals surface area contributed by atoms with Crippen LogP contribution in [0.1, 0.15) is 28.1 Å². The van der Waals surface area contributed by atoms with Gasteiger partial charge in [-0.25, -0.2) is 4.90 Å². The standard InChI is InChI=1S/C24H22N2O2S/c1-15-9-8-10-16(2)22(15)25-17(3)13-19(18(25)4)14-21-23(27)26(24(28)29-21)20-11-6-5-7-12-20/h5-14H,1-4H3/b21-14-. The maximum absolute atomic E-state index is 12.9. The first kappa shape index (κ1) is 19.3. The summed E-state index contributed by atoms with van der Waals surface area (Å²) in [6, 6.07) is 17.4. The zero-order valence-electron chi connectivity index (χ0n) is 16.9. The SMILES string of the molecule is Cc1cccc(C)c1-n1c(C)cc(/C=C2\SC(=O)N(c3ccccc3)C2=O)c1C. The molecule has 2 amide bonds. The summed E-state index contributed by atoms with van der Waals surface area (Å²) in [4.78, 5) is 27.1. The molecule has 1 aliphatic rings. The van der Waals surface area contributed by atoms with Crippen molar-refractivity contribution in [2.24, 2.45) is 0 Å². The van der Waals surface area contributed by atoms with Gasteiger partial charge in [-0.2, -0.15) is 0 Å². The highest BCUT2D eigenvalue weighted by atomic mass is 32.2. The fraction of sp³-hybridized carbons (Fsp3) is 0.167. The van der Waals surface area contributed by atoms with Gasteiger partial charge in [0.25, 0.3) is 11.1 Å². The molecular formula is C24H22N2O2S. The largest absolute Gasteiger partial charge is 0.317 e. The smallest absolute Gasteiger partial charge is 0.298 e. The molecule has 0 N–H and O–H groups in total. The zero-order chi connectivity index (χ0) is 20.7. The van der Waals surface area contributed by atoms with Crippen molar-refractivity contribution in [1.82, 2.24) is 4.57 Å². The number of para-hydroxylation sites is 2. The first-order chi connectivity index (χ1) is 13.9. The van der Waals surface area contributed by atoms with Crippen LogP contribution in [0.4, 0.5) is 10.5 Å². The van der Waals surface area contributed by atoms with Gasteiger partial charge in [0, 0.05) is 11.4 Å². The Balaban J connectivity index is 1.75. The molecule has 0 spiro atoms. The zero-order valence-corrected chi connectivity index (χ0v) is 17.7. The first-order valence-corrected chi connectivity index (χ1v) is 10.3. The average molecular weight is 403 g/mol. The number of amides is 2. The van der Waals surface area contributed by atoms with Crippen LogP contribution in [0.15, 0.2) is 59.5 Å². The highest BCUT2D eigenvalue weighted by Crippen LogP contribution is 2.36. The van der Waals surface area contributed by atoms with Crippen LogP contribution in [0.3, 0.4) is 0 Å². The van der Waals surface area contributed by atoms with Crippen LogP contribution >= 0.6 is 11.8 Å². The molecule has 3 aromatic rings. The van der Waals surface area contributed by atoms with Crippen LogP contribution in [-0.2, 0) is 4.79 Å². The van der Waals surface area contributed by atoms with Gasteiger partial charge in [0.15, 0.2) is 0 Å². The van der Waals surface area contributed by atoms with Crippen molar-refractivity contribution in [1.29, 1.82) is 0 Å². The lowest BCUT2D eigenvalue weighted by Gasteiger charge is -2.15. The number of hydrogen-bond donors (Lipinski definition) is 0. The molecule has 1 saturated heterocycles. The summed E-state index contributed by atoms with van der Waals surface area (Å²) in [6.07, 6.45) is 1.83. The number of nitrogens with zero attached hydrogens (tertiary/aromatic N) is 2. The molecule has 1 aliphatic heterocycles. The lowest BCUT2D eigenvalue weighted by Crippen LogP contribution is -2.27. The van der Waals surface area contributed by atoms with E-state index in [9.17, 15) is 9.59 Å². The number of carbonyl (C=O) groups excluding carboxylic acids is 2. The molecule has 5 heteroatoms. The van der Waals surface area contributed by atoms with E-state index in [2.05, 4.69) is 49.6 Å². The third-order valence-corrected chi connectivity index (χ3v) is 6.10. The third-order valence-electron chi connectivity index (χ3n) is 5.23. The van der Waals surface area contributed by atoms with E-state index in [0.29, 0.717) is 10.6 Å². The highest BCUT2D eigenvalue weighted by Gasteiger charge is 2.36. The van der Waals surface area contributed by atoms with E-state index in [-0.39, 0.29) is 11.1 Å². The van der Waals surface area contributed by atoms with Crippen molar-refractivity contribution in [2.75, 3.05) is 4.90 Å². The molecule has 2 heterocycles. The van der Waals surface area contributed by atoms with Gasteiger partial charge in [-0.05, 0) is 80.4 Å². The van der Waals surface area contributed by atoms with Crippen LogP contribution in [0.5, 0.6) is 0 Å². The van der Waals surface area contributed by atoms with Crippen molar-refractivity contribution in [2.45, 2.75) is 27.7 Å². The summed E-state index contributed by atoms with van der Waals surface area (Å²) < 4.78 is 2.22. The molecule has 4 nitrogen and oxygen atoms in total. The lowest BCUT2D eigenvalue weighted by molar-refractivity contribution is -0.113. The molecule has 1 fully saturated rings. The number of aromatic nitrogens is 1. The molecular weight excluding hydrogens is 380 g/mol. The molecule has 0 saturated carbocycles. The monoisotopic (exact) mass is 402 g/mol. The first-order valence-electron chi connectivity index (χ1n) is 9.47. The van der Waals surface area contributed by atoms with Gasteiger partial charge >= 0.3 is 0 Å². The second-order valence-electron chi connectivity index (χ2n) is 7.25. The molecule has 1 aromatic heterocycles. The second kappa shape index (κ2) is 7.41. The van der Waals surface area contributed by atoms with Gasteiger partial charge < -0.3 is 4.57 Å². The average Bonchev–Trinajstić information content (AvgIpc) is 3.12. The number of anilines is 1. The fourth-order valence-corrected chi connectivity index (χ4v) is 4.68. The number of carbonyl (C=O) groups is 2. The maximum Gasteiger partial charge on any atom is 0.298 e.